The number of hydrogen-bond acceptors (Lipinski definition) is 1. The third kappa shape index (κ3) is 1.88. The van der Waals surface area contributed by atoms with Gasteiger partial charge in [-0.2, -0.15) is 0 Å². The zero-order valence-electron chi connectivity index (χ0n) is 7.92. The van der Waals surface area contributed by atoms with Crippen LogP contribution >= 0.6 is 0 Å². The molecule has 0 bridgehead atoms. The first kappa shape index (κ1) is 8.67. The Hall–Kier alpha value is -0.915. The number of aryl methyl sites for hydroxylation is 1. The molecular weight excluding hydrogens is 159 g/mol. The molecule has 0 N–H and O–H groups in total. The van der Waals surface area contributed by atoms with Gasteiger partial charge in [-0.1, -0.05) is 17.1 Å². The van der Waals surface area contributed by atoms with Crippen LogP contribution < -0.4 is 10.2 Å². The second-order valence-electron chi connectivity index (χ2n) is 3.69. The van der Waals surface area contributed by atoms with E-state index in [1.807, 2.05) is 25.1 Å². The van der Waals surface area contributed by atoms with E-state index in [4.69, 9.17) is 12.6 Å². The summed E-state index contributed by atoms with van der Waals surface area (Å²) >= 11 is 0. The molecule has 0 heterocycles. The summed E-state index contributed by atoms with van der Waals surface area (Å²) < 4.78 is 5.71. The van der Waals surface area contributed by atoms with Gasteiger partial charge in [-0.15, -0.1) is 0 Å². The lowest BCUT2D eigenvalue weighted by Gasteiger charge is -2.26. The molecule has 0 aliphatic heterocycles. The molecule has 1 saturated carbocycles. The Morgan fingerprint density at radius 1 is 1.38 bits per heavy atom. The third-order valence-electron chi connectivity index (χ3n) is 2.61. The number of ether oxygens (including phenoxy) is 1. The van der Waals surface area contributed by atoms with Crippen LogP contribution in [0.5, 0.6) is 5.75 Å². The minimum atomic E-state index is 0.433. The molecule has 0 saturated heterocycles. The van der Waals surface area contributed by atoms with Crippen molar-refractivity contribution in [1.82, 2.24) is 0 Å². The van der Waals surface area contributed by atoms with Crippen LogP contribution in [-0.4, -0.2) is 14.0 Å². The molecular formula is C11H13BO. The van der Waals surface area contributed by atoms with E-state index in [0.29, 0.717) is 6.10 Å². The summed E-state index contributed by atoms with van der Waals surface area (Å²) in [6.07, 6.45) is 4.11. The molecule has 0 amide bonds. The molecule has 2 heteroatoms. The fourth-order valence-electron chi connectivity index (χ4n) is 1.37. The molecule has 0 spiro atoms. The molecule has 2 rings (SSSR count). The standard InChI is InChI=1S/C11H13BO/c1-8-5-6-10(7-11(8)12)13-9-3-2-4-9/h5-7,9H,2-4H2,1H3. The van der Waals surface area contributed by atoms with Gasteiger partial charge in [-0.3, -0.25) is 0 Å². The lowest BCUT2D eigenvalue weighted by molar-refractivity contribution is 0.120. The minimum Gasteiger partial charge on any atom is -0.490 e. The second kappa shape index (κ2) is 3.45. The van der Waals surface area contributed by atoms with Gasteiger partial charge < -0.3 is 4.74 Å². The second-order valence-corrected chi connectivity index (χ2v) is 3.69. The molecule has 1 aliphatic rings. The summed E-state index contributed by atoms with van der Waals surface area (Å²) in [7, 11) is 5.78. The number of benzene rings is 1. The SMILES string of the molecule is [B]c1cc(OC2CCC2)ccc1C. The van der Waals surface area contributed by atoms with Crippen LogP contribution in [-0.2, 0) is 0 Å². The van der Waals surface area contributed by atoms with Crippen molar-refractivity contribution in [1.29, 1.82) is 0 Å². The van der Waals surface area contributed by atoms with E-state index in [1.54, 1.807) is 0 Å². The molecule has 1 nitrogen and oxygen atoms in total. The van der Waals surface area contributed by atoms with E-state index in [2.05, 4.69) is 0 Å². The summed E-state index contributed by atoms with van der Waals surface area (Å²) in [5.74, 6) is 0.910. The van der Waals surface area contributed by atoms with Gasteiger partial charge in [-0.05, 0) is 38.3 Å². The van der Waals surface area contributed by atoms with Crippen molar-refractivity contribution in [3.8, 4) is 5.75 Å². The number of hydrogen-bond donors (Lipinski definition) is 0. The fraction of sp³-hybridized carbons (Fsp3) is 0.455. The molecule has 1 aromatic carbocycles. The Morgan fingerprint density at radius 3 is 2.69 bits per heavy atom. The highest BCUT2D eigenvalue weighted by Crippen LogP contribution is 2.24. The van der Waals surface area contributed by atoms with Crippen LogP contribution in [0.25, 0.3) is 0 Å². The van der Waals surface area contributed by atoms with Crippen LogP contribution in [0.3, 0.4) is 0 Å². The predicted molar refractivity (Wildman–Crippen MR) is 54.8 cm³/mol. The minimum absolute atomic E-state index is 0.433. The molecule has 13 heavy (non-hydrogen) atoms. The Kier molecular flexibility index (Phi) is 2.30. The van der Waals surface area contributed by atoms with E-state index in [1.165, 1.54) is 19.3 Å². The van der Waals surface area contributed by atoms with Gasteiger partial charge >= 0.3 is 0 Å². The first-order chi connectivity index (χ1) is 6.25. The largest absolute Gasteiger partial charge is 0.490 e. The average molecular weight is 172 g/mol. The monoisotopic (exact) mass is 172 g/mol. The highest BCUT2D eigenvalue weighted by molar-refractivity contribution is 6.33. The van der Waals surface area contributed by atoms with Crippen LogP contribution in [0.15, 0.2) is 18.2 Å². The van der Waals surface area contributed by atoms with Crippen LogP contribution in [0.4, 0.5) is 0 Å². The molecule has 2 radical (unpaired) electrons. The maximum Gasteiger partial charge on any atom is 0.119 e. The highest BCUT2D eigenvalue weighted by atomic mass is 16.5. The summed E-state index contributed by atoms with van der Waals surface area (Å²) in [6, 6.07) is 5.90. The van der Waals surface area contributed by atoms with Crippen molar-refractivity contribution in [3.63, 3.8) is 0 Å². The van der Waals surface area contributed by atoms with Gasteiger partial charge in [0.1, 0.15) is 13.6 Å². The van der Waals surface area contributed by atoms with Crippen molar-refractivity contribution in [3.05, 3.63) is 23.8 Å². The molecule has 1 aliphatic carbocycles. The first-order valence-electron chi connectivity index (χ1n) is 4.78. The number of rotatable bonds is 2. The van der Waals surface area contributed by atoms with Crippen molar-refractivity contribution in [2.24, 2.45) is 0 Å². The zero-order chi connectivity index (χ0) is 9.26. The van der Waals surface area contributed by atoms with Gasteiger partial charge in [0.25, 0.3) is 0 Å². The maximum atomic E-state index is 5.78. The van der Waals surface area contributed by atoms with Gasteiger partial charge in [0.15, 0.2) is 0 Å². The average Bonchev–Trinajstić information content (AvgIpc) is 2.04. The van der Waals surface area contributed by atoms with E-state index < -0.39 is 0 Å². The van der Waals surface area contributed by atoms with Crippen LogP contribution in [0.1, 0.15) is 24.8 Å². The Morgan fingerprint density at radius 2 is 2.15 bits per heavy atom. The van der Waals surface area contributed by atoms with Crippen molar-refractivity contribution in [2.75, 3.05) is 0 Å². The van der Waals surface area contributed by atoms with E-state index in [-0.39, 0.29) is 0 Å². The van der Waals surface area contributed by atoms with Crippen molar-refractivity contribution >= 4 is 13.3 Å². The normalized spacial score (nSPS) is 16.7. The summed E-state index contributed by atoms with van der Waals surface area (Å²) in [5, 5.41) is 0. The summed E-state index contributed by atoms with van der Waals surface area (Å²) in [4.78, 5) is 0. The molecule has 1 aromatic rings. The van der Waals surface area contributed by atoms with Crippen LogP contribution in [0.2, 0.25) is 0 Å². The van der Waals surface area contributed by atoms with Gasteiger partial charge in [0, 0.05) is 0 Å². The van der Waals surface area contributed by atoms with E-state index in [0.717, 1.165) is 16.8 Å². The van der Waals surface area contributed by atoms with E-state index >= 15 is 0 Å². The third-order valence-corrected chi connectivity index (χ3v) is 2.61. The topological polar surface area (TPSA) is 9.23 Å². The maximum absolute atomic E-state index is 5.78. The van der Waals surface area contributed by atoms with Crippen molar-refractivity contribution < 1.29 is 4.74 Å². The van der Waals surface area contributed by atoms with Gasteiger partial charge in [0.2, 0.25) is 0 Å². The molecule has 0 aromatic heterocycles. The summed E-state index contributed by atoms with van der Waals surface area (Å²) in [5.41, 5.74) is 1.93. The highest BCUT2D eigenvalue weighted by Gasteiger charge is 2.18. The van der Waals surface area contributed by atoms with Gasteiger partial charge in [0.05, 0.1) is 6.10 Å². The summed E-state index contributed by atoms with van der Waals surface area (Å²) in [6.45, 7) is 2.00. The molecule has 0 atom stereocenters. The molecule has 0 unspecified atom stereocenters. The van der Waals surface area contributed by atoms with Crippen molar-refractivity contribution in [2.45, 2.75) is 32.3 Å². The van der Waals surface area contributed by atoms with E-state index in [9.17, 15) is 0 Å². The Labute approximate surface area is 80.5 Å². The molecule has 1 fully saturated rings. The fourth-order valence-corrected chi connectivity index (χ4v) is 1.37. The van der Waals surface area contributed by atoms with Gasteiger partial charge in [-0.25, -0.2) is 0 Å². The predicted octanol–water partition coefficient (Wildman–Crippen LogP) is 1.72. The smallest absolute Gasteiger partial charge is 0.119 e. The quantitative estimate of drug-likeness (QED) is 0.617. The zero-order valence-corrected chi connectivity index (χ0v) is 7.92. The lowest BCUT2D eigenvalue weighted by atomic mass is 9.91. The lowest BCUT2D eigenvalue weighted by Crippen LogP contribution is -2.25. The molecule has 66 valence electrons. The Balaban J connectivity index is 2.07. The Bertz CT molecular complexity index is 305. The van der Waals surface area contributed by atoms with Crippen LogP contribution in [0, 0.1) is 6.92 Å². The first-order valence-corrected chi connectivity index (χ1v) is 4.78.